The van der Waals surface area contributed by atoms with Crippen LogP contribution in [-0.4, -0.2) is 14.1 Å². The summed E-state index contributed by atoms with van der Waals surface area (Å²) in [7, 11) is 3.91. The first-order valence-electron chi connectivity index (χ1n) is 6.78. The van der Waals surface area contributed by atoms with Crippen LogP contribution in [0.4, 0.5) is 5.69 Å². The lowest BCUT2D eigenvalue weighted by Crippen LogP contribution is -2.18. The van der Waals surface area contributed by atoms with Crippen molar-refractivity contribution in [1.29, 1.82) is 5.26 Å². The summed E-state index contributed by atoms with van der Waals surface area (Å²) in [5.41, 5.74) is 3.97. The fraction of sp³-hybridized carbons (Fsp3) is 0.235. The molecule has 21 heavy (non-hydrogen) atoms. The highest BCUT2D eigenvalue weighted by Gasteiger charge is 2.10. The molecule has 0 amide bonds. The number of hydrogen-bond acceptors (Lipinski definition) is 3. The Bertz CT molecular complexity index is 661. The molecule has 0 aliphatic heterocycles. The van der Waals surface area contributed by atoms with Crippen molar-refractivity contribution in [3.63, 3.8) is 0 Å². The van der Waals surface area contributed by atoms with Crippen LogP contribution in [0, 0.1) is 11.3 Å². The molecular formula is C17H18BrN3. The third-order valence-electron chi connectivity index (χ3n) is 3.34. The number of nitriles is 1. The van der Waals surface area contributed by atoms with Crippen molar-refractivity contribution in [1.82, 2.24) is 5.32 Å². The first kappa shape index (κ1) is 15.6. The van der Waals surface area contributed by atoms with Gasteiger partial charge in [0.2, 0.25) is 0 Å². The Kier molecular flexibility index (Phi) is 5.38. The third kappa shape index (κ3) is 3.84. The molecule has 0 atom stereocenters. The van der Waals surface area contributed by atoms with E-state index in [1.54, 1.807) is 0 Å². The van der Waals surface area contributed by atoms with E-state index >= 15 is 0 Å². The summed E-state index contributed by atoms with van der Waals surface area (Å²) >= 11 is 3.57. The maximum atomic E-state index is 9.37. The molecule has 0 unspecified atom stereocenters. The number of hydrogen-bond donors (Lipinski definition) is 1. The molecule has 2 rings (SSSR count). The standard InChI is InChI=1S/C17H18BrN3/c1-20-11-13-7-8-17(15(9-13)10-19)21(2)12-14-5-3-4-6-16(14)18/h3-9,20H,11-12H2,1-2H3. The second-order valence-corrected chi connectivity index (χ2v) is 5.80. The maximum Gasteiger partial charge on any atom is 0.101 e. The smallest absolute Gasteiger partial charge is 0.101 e. The van der Waals surface area contributed by atoms with Crippen LogP contribution < -0.4 is 10.2 Å². The molecular weight excluding hydrogens is 326 g/mol. The van der Waals surface area contributed by atoms with Gasteiger partial charge in [0.15, 0.2) is 0 Å². The summed E-state index contributed by atoms with van der Waals surface area (Å²) in [6, 6.07) is 16.5. The molecule has 3 nitrogen and oxygen atoms in total. The van der Waals surface area contributed by atoms with Gasteiger partial charge in [-0.3, -0.25) is 0 Å². The fourth-order valence-corrected chi connectivity index (χ4v) is 2.70. The summed E-state index contributed by atoms with van der Waals surface area (Å²) in [5, 5.41) is 12.5. The summed E-state index contributed by atoms with van der Waals surface area (Å²) in [6.07, 6.45) is 0. The summed E-state index contributed by atoms with van der Waals surface area (Å²) in [6.45, 7) is 1.52. The van der Waals surface area contributed by atoms with Crippen molar-refractivity contribution in [3.8, 4) is 6.07 Å². The average molecular weight is 344 g/mol. The van der Waals surface area contributed by atoms with Crippen LogP contribution in [0.1, 0.15) is 16.7 Å². The van der Waals surface area contributed by atoms with Gasteiger partial charge in [0.05, 0.1) is 11.3 Å². The minimum Gasteiger partial charge on any atom is -0.369 e. The van der Waals surface area contributed by atoms with Crippen molar-refractivity contribution < 1.29 is 0 Å². The molecule has 0 heterocycles. The van der Waals surface area contributed by atoms with Crippen LogP contribution in [0.3, 0.4) is 0 Å². The van der Waals surface area contributed by atoms with E-state index in [9.17, 15) is 5.26 Å². The largest absolute Gasteiger partial charge is 0.369 e. The molecule has 2 aromatic rings. The number of nitrogens with one attached hydrogen (secondary N) is 1. The van der Waals surface area contributed by atoms with Gasteiger partial charge in [0.25, 0.3) is 0 Å². The summed E-state index contributed by atoms with van der Waals surface area (Å²) in [4.78, 5) is 2.10. The lowest BCUT2D eigenvalue weighted by molar-refractivity contribution is 0.816. The predicted octanol–water partition coefficient (Wildman–Crippen LogP) is 3.68. The average Bonchev–Trinajstić information content (AvgIpc) is 2.49. The van der Waals surface area contributed by atoms with Crippen LogP contribution >= 0.6 is 15.9 Å². The zero-order valence-corrected chi connectivity index (χ0v) is 13.8. The van der Waals surface area contributed by atoms with E-state index in [-0.39, 0.29) is 0 Å². The van der Waals surface area contributed by atoms with Gasteiger partial charge in [-0.1, -0.05) is 40.2 Å². The zero-order valence-electron chi connectivity index (χ0n) is 12.2. The van der Waals surface area contributed by atoms with E-state index in [1.165, 1.54) is 5.56 Å². The van der Waals surface area contributed by atoms with E-state index in [1.807, 2.05) is 44.4 Å². The minimum atomic E-state index is 0.706. The lowest BCUT2D eigenvalue weighted by atomic mass is 10.1. The molecule has 0 fully saturated rings. The first-order valence-corrected chi connectivity index (χ1v) is 7.57. The van der Waals surface area contributed by atoms with Crippen molar-refractivity contribution in [2.45, 2.75) is 13.1 Å². The monoisotopic (exact) mass is 343 g/mol. The Morgan fingerprint density at radius 3 is 2.67 bits per heavy atom. The Morgan fingerprint density at radius 2 is 2.00 bits per heavy atom. The topological polar surface area (TPSA) is 39.1 Å². The number of benzene rings is 2. The zero-order chi connectivity index (χ0) is 15.2. The Balaban J connectivity index is 2.25. The van der Waals surface area contributed by atoms with E-state index < -0.39 is 0 Å². The Morgan fingerprint density at radius 1 is 1.24 bits per heavy atom. The highest BCUT2D eigenvalue weighted by atomic mass is 79.9. The van der Waals surface area contributed by atoms with Crippen molar-refractivity contribution in [3.05, 3.63) is 63.6 Å². The Hall–Kier alpha value is -1.83. The van der Waals surface area contributed by atoms with Gasteiger partial charge in [-0.05, 0) is 36.4 Å². The van der Waals surface area contributed by atoms with Crippen LogP contribution in [0.5, 0.6) is 0 Å². The highest BCUT2D eigenvalue weighted by molar-refractivity contribution is 9.10. The third-order valence-corrected chi connectivity index (χ3v) is 4.11. The molecule has 0 aliphatic rings. The van der Waals surface area contributed by atoms with Gasteiger partial charge in [0, 0.05) is 24.6 Å². The molecule has 0 saturated heterocycles. The quantitative estimate of drug-likeness (QED) is 0.899. The molecule has 0 aromatic heterocycles. The number of halogens is 1. The maximum absolute atomic E-state index is 9.37. The van der Waals surface area contributed by atoms with Gasteiger partial charge in [-0.25, -0.2) is 0 Å². The van der Waals surface area contributed by atoms with Gasteiger partial charge >= 0.3 is 0 Å². The van der Waals surface area contributed by atoms with Crippen molar-refractivity contribution >= 4 is 21.6 Å². The lowest BCUT2D eigenvalue weighted by Gasteiger charge is -2.21. The van der Waals surface area contributed by atoms with Gasteiger partial charge in [0.1, 0.15) is 6.07 Å². The van der Waals surface area contributed by atoms with Crippen molar-refractivity contribution in [2.75, 3.05) is 19.0 Å². The molecule has 4 heteroatoms. The van der Waals surface area contributed by atoms with E-state index in [2.05, 4.69) is 44.3 Å². The fourth-order valence-electron chi connectivity index (χ4n) is 2.29. The molecule has 0 radical (unpaired) electrons. The van der Waals surface area contributed by atoms with E-state index in [0.29, 0.717) is 5.56 Å². The number of nitrogens with zero attached hydrogens (tertiary/aromatic N) is 2. The SMILES string of the molecule is CNCc1ccc(N(C)Cc2ccccc2Br)c(C#N)c1. The Labute approximate surface area is 134 Å². The first-order chi connectivity index (χ1) is 10.2. The van der Waals surface area contributed by atoms with Crippen molar-refractivity contribution in [2.24, 2.45) is 0 Å². The molecule has 0 saturated carbocycles. The van der Waals surface area contributed by atoms with Crippen LogP contribution in [-0.2, 0) is 13.1 Å². The van der Waals surface area contributed by atoms with E-state index in [0.717, 1.165) is 28.8 Å². The molecule has 0 aliphatic carbocycles. The number of anilines is 1. The number of rotatable bonds is 5. The van der Waals surface area contributed by atoms with Crippen LogP contribution in [0.25, 0.3) is 0 Å². The van der Waals surface area contributed by atoms with E-state index in [4.69, 9.17) is 0 Å². The molecule has 1 N–H and O–H groups in total. The predicted molar refractivity (Wildman–Crippen MR) is 90.2 cm³/mol. The normalized spacial score (nSPS) is 10.2. The molecule has 108 valence electrons. The van der Waals surface area contributed by atoms with Gasteiger partial charge in [-0.2, -0.15) is 5.26 Å². The molecule has 2 aromatic carbocycles. The highest BCUT2D eigenvalue weighted by Crippen LogP contribution is 2.24. The van der Waals surface area contributed by atoms with Crippen LogP contribution in [0.2, 0.25) is 0 Å². The second-order valence-electron chi connectivity index (χ2n) is 4.94. The molecule has 0 spiro atoms. The van der Waals surface area contributed by atoms with Crippen LogP contribution in [0.15, 0.2) is 46.9 Å². The molecule has 0 bridgehead atoms. The minimum absolute atomic E-state index is 0.706. The summed E-state index contributed by atoms with van der Waals surface area (Å²) in [5.74, 6) is 0. The van der Waals surface area contributed by atoms with Gasteiger partial charge in [-0.15, -0.1) is 0 Å². The van der Waals surface area contributed by atoms with Gasteiger partial charge < -0.3 is 10.2 Å². The second kappa shape index (κ2) is 7.26. The summed E-state index contributed by atoms with van der Waals surface area (Å²) < 4.78 is 1.09.